The van der Waals surface area contributed by atoms with Crippen LogP contribution >= 0.6 is 0 Å². The molecule has 0 spiro atoms. The lowest BCUT2D eigenvalue weighted by Crippen LogP contribution is -2.43. The highest BCUT2D eigenvalue weighted by molar-refractivity contribution is 5.95. The highest BCUT2D eigenvalue weighted by Gasteiger charge is 2.17. The lowest BCUT2D eigenvalue weighted by Gasteiger charge is -2.09. The summed E-state index contributed by atoms with van der Waals surface area (Å²) in [6.07, 6.45) is 6.00. The molecule has 1 saturated carbocycles. The predicted octanol–water partition coefficient (Wildman–Crippen LogP) is 1.96. The van der Waals surface area contributed by atoms with Gasteiger partial charge in [-0.2, -0.15) is 0 Å². The summed E-state index contributed by atoms with van der Waals surface area (Å²) in [5.74, 6) is -0.752. The zero-order chi connectivity index (χ0) is 16.5. The Morgan fingerprint density at radius 3 is 2.43 bits per heavy atom. The molecule has 1 fully saturated rings. The number of nitrogens with one attached hydrogen (secondary N) is 2. The minimum absolute atomic E-state index is 0.342. The van der Waals surface area contributed by atoms with Gasteiger partial charge in [-0.15, -0.1) is 0 Å². The van der Waals surface area contributed by atoms with E-state index in [1.54, 1.807) is 30.3 Å². The second-order valence-electron chi connectivity index (χ2n) is 5.72. The third-order valence-electron chi connectivity index (χ3n) is 3.95. The minimum Gasteiger partial charge on any atom is -0.455 e. The van der Waals surface area contributed by atoms with Gasteiger partial charge in [-0.1, -0.05) is 43.9 Å². The average Bonchev–Trinajstić information content (AvgIpc) is 3.10. The van der Waals surface area contributed by atoms with Crippen molar-refractivity contribution in [3.8, 4) is 0 Å². The molecule has 0 heterocycles. The molecule has 1 aliphatic carbocycles. The van der Waals surface area contributed by atoms with Crippen molar-refractivity contribution < 1.29 is 19.1 Å². The van der Waals surface area contributed by atoms with Crippen molar-refractivity contribution in [1.82, 2.24) is 10.9 Å². The summed E-state index contributed by atoms with van der Waals surface area (Å²) in [6.45, 7) is -0.390. The fourth-order valence-electron chi connectivity index (χ4n) is 2.66. The Morgan fingerprint density at radius 2 is 1.74 bits per heavy atom. The number of hydrogen-bond acceptors (Lipinski definition) is 4. The van der Waals surface area contributed by atoms with Crippen molar-refractivity contribution in [3.63, 3.8) is 0 Å². The number of carbonyl (C=O) groups is 3. The monoisotopic (exact) mass is 318 g/mol. The van der Waals surface area contributed by atoms with Crippen molar-refractivity contribution in [3.05, 3.63) is 35.9 Å². The molecule has 6 heteroatoms. The number of ether oxygens (including phenoxy) is 1. The molecule has 1 aromatic carbocycles. The van der Waals surface area contributed by atoms with Crippen LogP contribution in [0.1, 0.15) is 48.9 Å². The first-order valence-electron chi connectivity index (χ1n) is 7.95. The van der Waals surface area contributed by atoms with Crippen LogP contribution in [0.3, 0.4) is 0 Å². The summed E-state index contributed by atoms with van der Waals surface area (Å²) < 4.78 is 4.90. The van der Waals surface area contributed by atoms with Gasteiger partial charge in [-0.05, 0) is 24.5 Å². The molecule has 0 aliphatic heterocycles. The Hall–Kier alpha value is -2.37. The first kappa shape index (κ1) is 17.0. The normalized spacial score (nSPS) is 14.3. The van der Waals surface area contributed by atoms with E-state index in [0.717, 1.165) is 6.42 Å². The number of hydrazine groups is 1. The van der Waals surface area contributed by atoms with Gasteiger partial charge >= 0.3 is 5.97 Å². The van der Waals surface area contributed by atoms with Gasteiger partial charge in [-0.3, -0.25) is 25.2 Å². The SMILES string of the molecule is O=C(COC(=O)CCC1CCCC1)NNC(=O)c1ccccc1. The summed E-state index contributed by atoms with van der Waals surface area (Å²) >= 11 is 0. The van der Waals surface area contributed by atoms with E-state index in [2.05, 4.69) is 10.9 Å². The summed E-state index contributed by atoms with van der Waals surface area (Å²) in [5, 5.41) is 0. The van der Waals surface area contributed by atoms with Crippen LogP contribution in [-0.2, 0) is 14.3 Å². The van der Waals surface area contributed by atoms with Gasteiger partial charge in [0.1, 0.15) is 0 Å². The minimum atomic E-state index is -0.566. The summed E-state index contributed by atoms with van der Waals surface area (Å²) in [5.41, 5.74) is 4.92. The van der Waals surface area contributed by atoms with Crippen LogP contribution in [0, 0.1) is 5.92 Å². The molecule has 2 N–H and O–H groups in total. The van der Waals surface area contributed by atoms with Crippen molar-refractivity contribution in [2.45, 2.75) is 38.5 Å². The first-order chi connectivity index (χ1) is 11.1. The van der Waals surface area contributed by atoms with Gasteiger partial charge in [0.25, 0.3) is 11.8 Å². The Morgan fingerprint density at radius 1 is 1.04 bits per heavy atom. The molecular formula is C17H22N2O4. The summed E-state index contributed by atoms with van der Waals surface area (Å²) in [6, 6.07) is 8.50. The van der Waals surface area contributed by atoms with Crippen LogP contribution in [0.5, 0.6) is 0 Å². The van der Waals surface area contributed by atoms with Crippen molar-refractivity contribution in [2.24, 2.45) is 5.92 Å². The third-order valence-corrected chi connectivity index (χ3v) is 3.95. The Balaban J connectivity index is 1.59. The zero-order valence-electron chi connectivity index (χ0n) is 13.0. The van der Waals surface area contributed by atoms with Crippen LogP contribution in [0.2, 0.25) is 0 Å². The van der Waals surface area contributed by atoms with E-state index < -0.39 is 18.4 Å². The fraction of sp³-hybridized carbons (Fsp3) is 0.471. The van der Waals surface area contributed by atoms with Crippen molar-refractivity contribution >= 4 is 17.8 Å². The van der Waals surface area contributed by atoms with Crippen LogP contribution in [0.25, 0.3) is 0 Å². The van der Waals surface area contributed by atoms with Gasteiger partial charge in [0.05, 0.1) is 0 Å². The van der Waals surface area contributed by atoms with Crippen LogP contribution in [0.15, 0.2) is 30.3 Å². The topological polar surface area (TPSA) is 84.5 Å². The molecule has 1 aliphatic rings. The number of esters is 1. The lowest BCUT2D eigenvalue weighted by atomic mass is 10.0. The lowest BCUT2D eigenvalue weighted by molar-refractivity contribution is -0.149. The molecule has 2 rings (SSSR count). The summed E-state index contributed by atoms with van der Waals surface area (Å²) in [4.78, 5) is 34.8. The van der Waals surface area contributed by atoms with Gasteiger partial charge in [-0.25, -0.2) is 0 Å². The van der Waals surface area contributed by atoms with E-state index in [-0.39, 0.29) is 5.97 Å². The smallest absolute Gasteiger partial charge is 0.306 e. The maximum Gasteiger partial charge on any atom is 0.306 e. The molecular weight excluding hydrogens is 296 g/mol. The molecule has 0 bridgehead atoms. The number of carbonyl (C=O) groups excluding carboxylic acids is 3. The highest BCUT2D eigenvalue weighted by atomic mass is 16.5. The Bertz CT molecular complexity index is 539. The van der Waals surface area contributed by atoms with Crippen LogP contribution in [0.4, 0.5) is 0 Å². The van der Waals surface area contributed by atoms with E-state index >= 15 is 0 Å². The molecule has 1 aromatic rings. The van der Waals surface area contributed by atoms with Crippen LogP contribution < -0.4 is 10.9 Å². The van der Waals surface area contributed by atoms with Crippen molar-refractivity contribution in [2.75, 3.05) is 6.61 Å². The van der Waals surface area contributed by atoms with E-state index in [1.807, 2.05) is 0 Å². The van der Waals surface area contributed by atoms with Crippen LogP contribution in [-0.4, -0.2) is 24.4 Å². The Kier molecular flexibility index (Phi) is 6.59. The molecule has 0 aromatic heterocycles. The molecule has 6 nitrogen and oxygen atoms in total. The van der Waals surface area contributed by atoms with Gasteiger partial charge in [0.15, 0.2) is 6.61 Å². The third kappa shape index (κ3) is 6.10. The number of amides is 2. The van der Waals surface area contributed by atoms with Crippen molar-refractivity contribution in [1.29, 1.82) is 0 Å². The quantitative estimate of drug-likeness (QED) is 0.620. The molecule has 2 amide bonds. The predicted molar refractivity (Wildman–Crippen MR) is 84.2 cm³/mol. The zero-order valence-corrected chi connectivity index (χ0v) is 13.0. The average molecular weight is 318 g/mol. The second-order valence-corrected chi connectivity index (χ2v) is 5.72. The van der Waals surface area contributed by atoms with E-state index in [1.165, 1.54) is 25.7 Å². The molecule has 0 atom stereocenters. The van der Waals surface area contributed by atoms with Gasteiger partial charge in [0, 0.05) is 12.0 Å². The van der Waals surface area contributed by atoms with Gasteiger partial charge in [0.2, 0.25) is 0 Å². The Labute approximate surface area is 135 Å². The number of hydrogen-bond donors (Lipinski definition) is 2. The highest BCUT2D eigenvalue weighted by Crippen LogP contribution is 2.28. The van der Waals surface area contributed by atoms with Gasteiger partial charge < -0.3 is 4.74 Å². The van der Waals surface area contributed by atoms with E-state index in [0.29, 0.717) is 17.9 Å². The molecule has 0 radical (unpaired) electrons. The van der Waals surface area contributed by atoms with E-state index in [4.69, 9.17) is 4.74 Å². The molecule has 124 valence electrons. The maximum atomic E-state index is 11.7. The first-order valence-corrected chi connectivity index (χ1v) is 7.95. The number of rotatable bonds is 6. The fourth-order valence-corrected chi connectivity index (χ4v) is 2.66. The second kappa shape index (κ2) is 8.92. The maximum absolute atomic E-state index is 11.7. The standard InChI is InChI=1S/C17H22N2O4/c20-15(18-19-17(22)14-8-2-1-3-9-14)12-23-16(21)11-10-13-6-4-5-7-13/h1-3,8-9,13H,4-7,10-12H2,(H,18,20)(H,19,22). The largest absolute Gasteiger partial charge is 0.455 e. The summed E-state index contributed by atoms with van der Waals surface area (Å²) in [7, 11) is 0. The molecule has 0 saturated heterocycles. The molecule has 23 heavy (non-hydrogen) atoms. The number of benzene rings is 1. The van der Waals surface area contributed by atoms with E-state index in [9.17, 15) is 14.4 Å². The molecule has 0 unspecified atom stereocenters.